The van der Waals surface area contributed by atoms with E-state index in [9.17, 15) is 4.79 Å². The van der Waals surface area contributed by atoms with E-state index in [2.05, 4.69) is 22.5 Å². The molecule has 5 nitrogen and oxygen atoms in total. The van der Waals surface area contributed by atoms with Gasteiger partial charge in [0.1, 0.15) is 5.60 Å². The van der Waals surface area contributed by atoms with Crippen molar-refractivity contribution in [3.8, 4) is 0 Å². The van der Waals surface area contributed by atoms with Crippen LogP contribution in [-0.2, 0) is 17.7 Å². The molecule has 0 spiro atoms. The first kappa shape index (κ1) is 18.2. The summed E-state index contributed by atoms with van der Waals surface area (Å²) in [5, 5.41) is 7.78. The Labute approximate surface area is 143 Å². The van der Waals surface area contributed by atoms with E-state index in [-0.39, 0.29) is 11.6 Å². The number of hydrogen-bond donors (Lipinski definition) is 2. The van der Waals surface area contributed by atoms with Crippen LogP contribution in [0.5, 0.6) is 0 Å². The van der Waals surface area contributed by atoms with Crippen molar-refractivity contribution < 1.29 is 9.53 Å². The number of nitrogens with one attached hydrogen (secondary N) is 2. The minimum atomic E-state index is -0.459. The van der Waals surface area contributed by atoms with Gasteiger partial charge in [-0.25, -0.2) is 9.78 Å². The lowest BCUT2D eigenvalue weighted by atomic mass is 9.97. The summed E-state index contributed by atoms with van der Waals surface area (Å²) < 4.78 is 5.34. The molecule has 1 saturated carbocycles. The number of aryl methyl sites for hydroxylation is 1. The highest BCUT2D eigenvalue weighted by Crippen LogP contribution is 2.30. The lowest BCUT2D eigenvalue weighted by Crippen LogP contribution is -2.51. The van der Waals surface area contributed by atoms with E-state index < -0.39 is 5.60 Å². The lowest BCUT2D eigenvalue weighted by molar-refractivity contribution is 0.0509. The number of carbonyl (C=O) groups excluding carboxylic acids is 1. The zero-order valence-corrected chi connectivity index (χ0v) is 15.5. The van der Waals surface area contributed by atoms with E-state index in [1.165, 1.54) is 22.7 Å². The van der Waals surface area contributed by atoms with Crippen LogP contribution in [0, 0.1) is 0 Å². The highest BCUT2D eigenvalue weighted by molar-refractivity contribution is 7.11. The highest BCUT2D eigenvalue weighted by Gasteiger charge is 2.34. The second-order valence-corrected chi connectivity index (χ2v) is 8.47. The molecule has 0 atom stereocenters. The SMILES string of the molecule is CCc1ncc(CNC2(CNC(=O)OC(C)(C)C)CCCC2)s1. The van der Waals surface area contributed by atoms with Gasteiger partial charge < -0.3 is 15.4 Å². The van der Waals surface area contributed by atoms with Crippen LogP contribution in [0.15, 0.2) is 6.20 Å². The summed E-state index contributed by atoms with van der Waals surface area (Å²) in [6.07, 6.45) is 7.18. The normalized spacial score (nSPS) is 17.2. The van der Waals surface area contributed by atoms with Crippen molar-refractivity contribution in [2.75, 3.05) is 6.54 Å². The van der Waals surface area contributed by atoms with Crippen LogP contribution < -0.4 is 10.6 Å². The molecule has 0 radical (unpaired) electrons. The average Bonchev–Trinajstić information content (AvgIpc) is 3.11. The predicted molar refractivity (Wildman–Crippen MR) is 93.8 cm³/mol. The fourth-order valence-corrected chi connectivity index (χ4v) is 3.69. The first-order valence-corrected chi connectivity index (χ1v) is 9.29. The van der Waals surface area contributed by atoms with E-state index in [0.29, 0.717) is 6.54 Å². The van der Waals surface area contributed by atoms with Gasteiger partial charge in [-0.3, -0.25) is 0 Å². The van der Waals surface area contributed by atoms with Crippen molar-refractivity contribution in [2.24, 2.45) is 0 Å². The van der Waals surface area contributed by atoms with Gasteiger partial charge in [0.25, 0.3) is 0 Å². The van der Waals surface area contributed by atoms with Crippen LogP contribution in [0.2, 0.25) is 0 Å². The van der Waals surface area contributed by atoms with Crippen LogP contribution in [0.1, 0.15) is 63.3 Å². The largest absolute Gasteiger partial charge is 0.444 e. The van der Waals surface area contributed by atoms with Gasteiger partial charge in [-0.05, 0) is 40.0 Å². The van der Waals surface area contributed by atoms with Gasteiger partial charge in [0.05, 0.1) is 5.01 Å². The molecule has 1 aromatic heterocycles. The number of nitrogens with zero attached hydrogens (tertiary/aromatic N) is 1. The monoisotopic (exact) mass is 339 g/mol. The Morgan fingerprint density at radius 1 is 1.39 bits per heavy atom. The van der Waals surface area contributed by atoms with Crippen molar-refractivity contribution in [2.45, 2.75) is 77.5 Å². The molecule has 1 aromatic rings. The Hall–Kier alpha value is -1.14. The van der Waals surface area contributed by atoms with Gasteiger partial charge in [0.2, 0.25) is 0 Å². The number of alkyl carbamates (subject to hydrolysis) is 1. The third kappa shape index (κ3) is 5.77. The van der Waals surface area contributed by atoms with E-state index in [1.807, 2.05) is 27.0 Å². The summed E-state index contributed by atoms with van der Waals surface area (Å²) in [5.41, 5.74) is -0.479. The van der Waals surface area contributed by atoms with Crippen molar-refractivity contribution in [3.63, 3.8) is 0 Å². The molecule has 6 heteroatoms. The quantitative estimate of drug-likeness (QED) is 0.831. The first-order chi connectivity index (χ1) is 10.8. The fraction of sp³-hybridized carbons (Fsp3) is 0.765. The van der Waals surface area contributed by atoms with Crippen molar-refractivity contribution in [1.82, 2.24) is 15.6 Å². The van der Waals surface area contributed by atoms with E-state index >= 15 is 0 Å². The average molecular weight is 340 g/mol. The summed E-state index contributed by atoms with van der Waals surface area (Å²) >= 11 is 1.76. The zero-order valence-electron chi connectivity index (χ0n) is 14.7. The molecule has 1 heterocycles. The molecule has 2 N–H and O–H groups in total. The summed E-state index contributed by atoms with van der Waals surface area (Å²) in [5.74, 6) is 0. The second-order valence-electron chi connectivity index (χ2n) is 7.27. The Kier molecular flexibility index (Phi) is 6.03. The van der Waals surface area contributed by atoms with E-state index in [1.54, 1.807) is 11.3 Å². The van der Waals surface area contributed by atoms with Crippen LogP contribution in [0.25, 0.3) is 0 Å². The molecule has 1 aliphatic carbocycles. The van der Waals surface area contributed by atoms with Gasteiger partial charge in [-0.15, -0.1) is 11.3 Å². The number of carbonyl (C=O) groups is 1. The molecule has 1 amide bonds. The third-order valence-corrected chi connectivity index (χ3v) is 5.21. The number of thiazole rings is 1. The van der Waals surface area contributed by atoms with Gasteiger partial charge in [-0.2, -0.15) is 0 Å². The summed E-state index contributed by atoms with van der Waals surface area (Å²) in [6.45, 7) is 9.19. The number of amides is 1. The predicted octanol–water partition coefficient (Wildman–Crippen LogP) is 3.63. The summed E-state index contributed by atoms with van der Waals surface area (Å²) in [7, 11) is 0. The van der Waals surface area contributed by atoms with Crippen molar-refractivity contribution in [3.05, 3.63) is 16.1 Å². The molecular formula is C17H29N3O2S. The van der Waals surface area contributed by atoms with Gasteiger partial charge in [-0.1, -0.05) is 19.8 Å². The Morgan fingerprint density at radius 3 is 2.65 bits per heavy atom. The van der Waals surface area contributed by atoms with Crippen LogP contribution in [0.3, 0.4) is 0 Å². The van der Waals surface area contributed by atoms with E-state index in [4.69, 9.17) is 4.74 Å². The van der Waals surface area contributed by atoms with E-state index in [0.717, 1.165) is 25.8 Å². The molecule has 0 aromatic carbocycles. The molecule has 0 bridgehead atoms. The maximum absolute atomic E-state index is 11.9. The summed E-state index contributed by atoms with van der Waals surface area (Å²) in [4.78, 5) is 17.6. The van der Waals surface area contributed by atoms with Crippen LogP contribution in [-0.4, -0.2) is 28.8 Å². The fourth-order valence-electron chi connectivity index (χ4n) is 2.89. The molecule has 1 fully saturated rings. The maximum Gasteiger partial charge on any atom is 0.407 e. The molecule has 0 saturated heterocycles. The second kappa shape index (κ2) is 7.62. The number of hydrogen-bond acceptors (Lipinski definition) is 5. The minimum Gasteiger partial charge on any atom is -0.444 e. The first-order valence-electron chi connectivity index (χ1n) is 8.47. The highest BCUT2D eigenvalue weighted by atomic mass is 32.1. The molecule has 23 heavy (non-hydrogen) atoms. The smallest absolute Gasteiger partial charge is 0.407 e. The van der Waals surface area contributed by atoms with Crippen LogP contribution >= 0.6 is 11.3 Å². The summed E-state index contributed by atoms with van der Waals surface area (Å²) in [6, 6.07) is 0. The van der Waals surface area contributed by atoms with Crippen molar-refractivity contribution >= 4 is 17.4 Å². The third-order valence-electron chi connectivity index (χ3n) is 4.07. The minimum absolute atomic E-state index is 0.0206. The molecule has 1 aliphatic rings. The topological polar surface area (TPSA) is 63.2 Å². The molecule has 130 valence electrons. The molecule has 0 unspecified atom stereocenters. The zero-order chi connectivity index (χ0) is 16.9. The Balaban J connectivity index is 1.87. The lowest BCUT2D eigenvalue weighted by Gasteiger charge is -2.31. The molecule has 0 aliphatic heterocycles. The number of ether oxygens (including phenoxy) is 1. The van der Waals surface area contributed by atoms with Crippen LogP contribution in [0.4, 0.5) is 4.79 Å². The van der Waals surface area contributed by atoms with Gasteiger partial charge in [0, 0.05) is 29.7 Å². The van der Waals surface area contributed by atoms with Gasteiger partial charge >= 0.3 is 6.09 Å². The number of aromatic nitrogens is 1. The van der Waals surface area contributed by atoms with Gasteiger partial charge in [0.15, 0.2) is 0 Å². The molecular weight excluding hydrogens is 310 g/mol. The standard InChI is InChI=1S/C17H29N3O2S/c1-5-14-18-10-13(23-14)11-20-17(8-6-7-9-17)12-19-15(21)22-16(2,3)4/h10,20H,5-9,11-12H2,1-4H3,(H,19,21). The van der Waals surface area contributed by atoms with Crippen molar-refractivity contribution in [1.29, 1.82) is 0 Å². The maximum atomic E-state index is 11.9. The molecule has 2 rings (SSSR count). The Bertz CT molecular complexity index is 516. The number of rotatable bonds is 6. The Morgan fingerprint density at radius 2 is 2.09 bits per heavy atom.